The second-order valence-corrected chi connectivity index (χ2v) is 19.5. The van der Waals surface area contributed by atoms with Gasteiger partial charge in [-0.25, -0.2) is 0 Å². The average molecular weight is 1140 g/mol. The van der Waals surface area contributed by atoms with Gasteiger partial charge >= 0.3 is 14.2 Å². The van der Waals surface area contributed by atoms with E-state index in [-0.39, 0.29) is 18.6 Å². The standard InChI is InChI=1S/C19H24BNO3.C13H12BrNO.C13H13NO.C7H9BO3.C6H6BrN.CH4/c1-13-15(8-7-11-21-13)14-9-10-17(22-6)16(12-14)20-23-18(2,3)19(4,5)24-20;1-9-11(4-3-7-15-9)10-5-6-13(16-2)12(14)8-10;1-10-13(4-3-9-14-10)11-5-7-12(15-2)8-6-11;1-11-7-4-2-6(3-5-7)8(9)10;1-5-6(7)3-2-4-8-5;/h7-12H,1-6H3;3-8H,1-2H3;3-9H,1-2H3;2-5,9-10H,1H3;2-4H,1H3;1H4. The molecule has 9 rings (SSSR count). The Morgan fingerprint density at radius 1 is 0.467 bits per heavy atom. The zero-order chi connectivity index (χ0) is 54.0. The Morgan fingerprint density at radius 3 is 1.23 bits per heavy atom. The Morgan fingerprint density at radius 2 is 0.853 bits per heavy atom. The quantitative estimate of drug-likeness (QED) is 0.133. The van der Waals surface area contributed by atoms with E-state index in [9.17, 15) is 0 Å². The Bertz CT molecular complexity index is 3000. The first-order valence-corrected chi connectivity index (χ1v) is 25.3. The topological polar surface area (TPSA) is 147 Å². The monoisotopic (exact) mass is 1140 g/mol. The largest absolute Gasteiger partial charge is 0.498 e. The predicted molar refractivity (Wildman–Crippen MR) is 313 cm³/mol. The zero-order valence-electron chi connectivity index (χ0n) is 44.1. The Labute approximate surface area is 461 Å². The minimum Gasteiger partial charge on any atom is -0.497 e. The molecule has 12 nitrogen and oxygen atoms in total. The average Bonchev–Trinajstić information content (AvgIpc) is 3.63. The molecule has 0 radical (unpaired) electrons. The lowest BCUT2D eigenvalue weighted by Crippen LogP contribution is -2.41. The van der Waals surface area contributed by atoms with Crippen LogP contribution in [0.15, 0.2) is 167 Å². The number of methoxy groups -OCH3 is 4. The van der Waals surface area contributed by atoms with Crippen molar-refractivity contribution in [3.63, 3.8) is 0 Å². The molecule has 392 valence electrons. The first-order chi connectivity index (χ1) is 35.3. The maximum atomic E-state index is 8.70. The summed E-state index contributed by atoms with van der Waals surface area (Å²) >= 11 is 6.82. The highest BCUT2D eigenvalue weighted by atomic mass is 79.9. The molecule has 4 aromatic heterocycles. The molecular weight excluding hydrogens is 1070 g/mol. The lowest BCUT2D eigenvalue weighted by atomic mass is 9.77. The Balaban J connectivity index is 0.000000212. The van der Waals surface area contributed by atoms with E-state index in [2.05, 4.69) is 104 Å². The highest BCUT2D eigenvalue weighted by Gasteiger charge is 2.52. The van der Waals surface area contributed by atoms with E-state index in [1.165, 1.54) is 11.1 Å². The van der Waals surface area contributed by atoms with Crippen LogP contribution in [0.4, 0.5) is 0 Å². The van der Waals surface area contributed by atoms with E-state index in [0.29, 0.717) is 11.2 Å². The Hall–Kier alpha value is -6.39. The van der Waals surface area contributed by atoms with Gasteiger partial charge in [-0.2, -0.15) is 0 Å². The van der Waals surface area contributed by atoms with Crippen LogP contribution in [0, 0.1) is 27.7 Å². The lowest BCUT2D eigenvalue weighted by Gasteiger charge is -2.32. The van der Waals surface area contributed by atoms with Crippen LogP contribution in [0.3, 0.4) is 0 Å². The van der Waals surface area contributed by atoms with Crippen LogP contribution in [-0.2, 0) is 9.31 Å². The molecule has 0 bridgehead atoms. The summed E-state index contributed by atoms with van der Waals surface area (Å²) in [5.41, 5.74) is 11.5. The number of aryl methyl sites for hydroxylation is 4. The van der Waals surface area contributed by atoms with Crippen LogP contribution >= 0.6 is 31.9 Å². The molecule has 16 heteroatoms. The minimum absolute atomic E-state index is 0. The van der Waals surface area contributed by atoms with Gasteiger partial charge in [0, 0.05) is 68.5 Å². The Kier molecular flexibility index (Phi) is 23.7. The van der Waals surface area contributed by atoms with Crippen molar-refractivity contribution in [2.45, 2.75) is 74.0 Å². The number of hydrogen-bond acceptors (Lipinski definition) is 12. The summed E-state index contributed by atoms with van der Waals surface area (Å²) in [6.45, 7) is 16.2. The number of hydrogen-bond donors (Lipinski definition) is 2. The molecule has 0 amide bonds. The van der Waals surface area contributed by atoms with Gasteiger partial charge in [0.05, 0.1) is 49.8 Å². The van der Waals surface area contributed by atoms with Crippen LogP contribution < -0.4 is 29.9 Å². The van der Waals surface area contributed by atoms with Gasteiger partial charge in [0.2, 0.25) is 0 Å². The highest BCUT2D eigenvalue weighted by Crippen LogP contribution is 2.38. The molecule has 1 aliphatic heterocycles. The normalized spacial score (nSPS) is 12.5. The maximum Gasteiger partial charge on any atom is 0.498 e. The molecule has 75 heavy (non-hydrogen) atoms. The van der Waals surface area contributed by atoms with Crippen molar-refractivity contribution in [3.05, 3.63) is 190 Å². The molecule has 0 saturated carbocycles. The second kappa shape index (κ2) is 29.1. The van der Waals surface area contributed by atoms with Crippen LogP contribution in [0.25, 0.3) is 33.4 Å². The fourth-order valence-corrected chi connectivity index (χ4v) is 8.06. The molecule has 0 atom stereocenters. The third-order valence-corrected chi connectivity index (χ3v) is 13.7. The van der Waals surface area contributed by atoms with Crippen molar-refractivity contribution in [1.29, 1.82) is 0 Å². The van der Waals surface area contributed by atoms with Crippen molar-refractivity contribution < 1.29 is 38.3 Å². The summed E-state index contributed by atoms with van der Waals surface area (Å²) < 4.78 is 35.2. The van der Waals surface area contributed by atoms with Gasteiger partial charge in [0.1, 0.15) is 23.0 Å². The van der Waals surface area contributed by atoms with E-state index in [4.69, 9.17) is 38.3 Å². The van der Waals surface area contributed by atoms with Gasteiger partial charge in [-0.15, -0.1) is 0 Å². The SMILES string of the molecule is C.COc1ccc(-c2cccnc2C)cc1.COc1ccc(-c2cccnc2C)cc1B1OC(C)(C)C(C)(C)O1.COc1ccc(-c2cccnc2C)cc1Br.COc1ccc(B(O)O)cc1.Cc1ncccc1Br. The number of nitrogens with zero attached hydrogens (tertiary/aromatic N) is 4. The summed E-state index contributed by atoms with van der Waals surface area (Å²) in [6, 6.07) is 42.6. The van der Waals surface area contributed by atoms with Crippen LogP contribution in [0.2, 0.25) is 0 Å². The van der Waals surface area contributed by atoms with Crippen molar-refractivity contribution >= 4 is 57.0 Å². The second-order valence-electron chi connectivity index (χ2n) is 17.7. The van der Waals surface area contributed by atoms with Gasteiger partial charge in [0.25, 0.3) is 0 Å². The molecule has 8 aromatic rings. The minimum atomic E-state index is -1.40. The van der Waals surface area contributed by atoms with Crippen LogP contribution in [0.1, 0.15) is 57.9 Å². The van der Waals surface area contributed by atoms with E-state index < -0.39 is 14.2 Å². The van der Waals surface area contributed by atoms with Gasteiger partial charge in [-0.3, -0.25) is 19.9 Å². The molecule has 4 aromatic carbocycles. The molecule has 2 N–H and O–H groups in total. The maximum absolute atomic E-state index is 8.70. The summed E-state index contributed by atoms with van der Waals surface area (Å²) in [6.07, 6.45) is 7.19. The number of benzene rings is 4. The van der Waals surface area contributed by atoms with Gasteiger partial charge in [-0.05, 0) is 182 Å². The van der Waals surface area contributed by atoms with Crippen molar-refractivity contribution in [2.75, 3.05) is 28.4 Å². The molecule has 0 unspecified atom stereocenters. The van der Waals surface area contributed by atoms with Crippen molar-refractivity contribution in [3.8, 4) is 56.4 Å². The fraction of sp³-hybridized carbons (Fsp3) is 0.254. The fourth-order valence-electron chi connectivity index (χ4n) is 7.27. The van der Waals surface area contributed by atoms with Crippen molar-refractivity contribution in [1.82, 2.24) is 19.9 Å². The molecule has 5 heterocycles. The van der Waals surface area contributed by atoms with Gasteiger partial charge < -0.3 is 38.3 Å². The number of halogens is 2. The molecule has 1 aliphatic rings. The molecule has 1 fully saturated rings. The van der Waals surface area contributed by atoms with Gasteiger partial charge in [0.15, 0.2) is 0 Å². The molecular formula is C59H68B2Br2N4O8. The van der Waals surface area contributed by atoms with E-state index >= 15 is 0 Å². The lowest BCUT2D eigenvalue weighted by molar-refractivity contribution is 0.00578. The van der Waals surface area contributed by atoms with E-state index in [0.717, 1.165) is 76.7 Å². The number of ether oxygens (including phenoxy) is 4. The predicted octanol–water partition coefficient (Wildman–Crippen LogP) is 12.4. The zero-order valence-corrected chi connectivity index (χ0v) is 47.2. The summed E-state index contributed by atoms with van der Waals surface area (Å²) in [7, 11) is 4.70. The summed E-state index contributed by atoms with van der Waals surface area (Å²) in [5.74, 6) is 3.18. The first-order valence-electron chi connectivity index (χ1n) is 23.7. The number of aromatic nitrogens is 4. The van der Waals surface area contributed by atoms with Gasteiger partial charge in [-0.1, -0.05) is 68.1 Å². The summed E-state index contributed by atoms with van der Waals surface area (Å²) in [5, 5.41) is 17.4. The highest BCUT2D eigenvalue weighted by molar-refractivity contribution is 9.10. The van der Waals surface area contributed by atoms with E-state index in [1.54, 1.807) is 71.3 Å². The summed E-state index contributed by atoms with van der Waals surface area (Å²) in [4.78, 5) is 17.0. The molecule has 0 aliphatic carbocycles. The third-order valence-electron chi connectivity index (χ3n) is 12.3. The number of rotatable bonds is 9. The van der Waals surface area contributed by atoms with Crippen molar-refractivity contribution in [2.24, 2.45) is 0 Å². The number of pyridine rings is 4. The van der Waals surface area contributed by atoms with Crippen LogP contribution in [0.5, 0.6) is 23.0 Å². The molecule has 1 saturated heterocycles. The van der Waals surface area contributed by atoms with Crippen LogP contribution in [-0.4, -0.2) is 83.9 Å². The smallest absolute Gasteiger partial charge is 0.497 e. The first kappa shape index (κ1) is 61.2. The van der Waals surface area contributed by atoms with E-state index in [1.807, 2.05) is 119 Å². The third kappa shape index (κ3) is 17.1. The molecule has 0 spiro atoms.